The number of H-pyrrole nitrogens is 1. The van der Waals surface area contributed by atoms with Gasteiger partial charge in [-0.2, -0.15) is 0 Å². The first-order valence-electron chi connectivity index (χ1n) is 4.79. The van der Waals surface area contributed by atoms with Crippen LogP contribution in [0.5, 0.6) is 5.75 Å². The predicted octanol–water partition coefficient (Wildman–Crippen LogP) is 0.601. The van der Waals surface area contributed by atoms with Gasteiger partial charge in [0.25, 0.3) is 5.56 Å². The first-order chi connectivity index (χ1) is 7.72. The van der Waals surface area contributed by atoms with Gasteiger partial charge in [-0.25, -0.2) is 4.98 Å². The van der Waals surface area contributed by atoms with Crippen LogP contribution in [0.1, 0.15) is 5.56 Å². The van der Waals surface area contributed by atoms with Crippen molar-refractivity contribution in [2.45, 2.75) is 6.54 Å². The maximum absolute atomic E-state index is 11.5. The second-order valence-electron chi connectivity index (χ2n) is 3.31. The van der Waals surface area contributed by atoms with Gasteiger partial charge in [-0.15, -0.1) is 0 Å². The van der Waals surface area contributed by atoms with Crippen LogP contribution in [0.25, 0.3) is 11.4 Å². The SMILES string of the molecule is NCc1cnc(-c2ccccc2O)[nH]c1=O. The van der Waals surface area contributed by atoms with E-state index in [-0.39, 0.29) is 17.9 Å². The van der Waals surface area contributed by atoms with E-state index in [9.17, 15) is 9.90 Å². The van der Waals surface area contributed by atoms with Crippen molar-refractivity contribution in [3.8, 4) is 17.1 Å². The number of aromatic hydroxyl groups is 1. The second kappa shape index (κ2) is 4.16. The lowest BCUT2D eigenvalue weighted by atomic mass is 10.2. The number of phenolic OH excluding ortho intramolecular Hbond substituents is 1. The zero-order valence-corrected chi connectivity index (χ0v) is 8.47. The number of hydrogen-bond acceptors (Lipinski definition) is 4. The lowest BCUT2D eigenvalue weighted by Crippen LogP contribution is -2.17. The summed E-state index contributed by atoms with van der Waals surface area (Å²) in [5, 5.41) is 9.59. The van der Waals surface area contributed by atoms with E-state index in [2.05, 4.69) is 9.97 Å². The summed E-state index contributed by atoms with van der Waals surface area (Å²) in [5.41, 5.74) is 5.98. The molecule has 0 aliphatic rings. The first-order valence-corrected chi connectivity index (χ1v) is 4.79. The molecule has 1 aromatic heterocycles. The number of hydrogen-bond donors (Lipinski definition) is 3. The molecule has 1 aromatic carbocycles. The molecule has 0 spiro atoms. The number of benzene rings is 1. The van der Waals surface area contributed by atoms with Crippen LogP contribution in [0, 0.1) is 0 Å². The van der Waals surface area contributed by atoms with Crippen molar-refractivity contribution >= 4 is 0 Å². The highest BCUT2D eigenvalue weighted by Crippen LogP contribution is 2.24. The summed E-state index contributed by atoms with van der Waals surface area (Å²) in [6, 6.07) is 6.67. The number of aromatic amines is 1. The third kappa shape index (κ3) is 1.80. The largest absolute Gasteiger partial charge is 0.507 e. The third-order valence-electron chi connectivity index (χ3n) is 2.25. The molecular weight excluding hydrogens is 206 g/mol. The molecule has 5 heteroatoms. The summed E-state index contributed by atoms with van der Waals surface area (Å²) < 4.78 is 0. The molecule has 0 unspecified atom stereocenters. The van der Waals surface area contributed by atoms with Crippen LogP contribution < -0.4 is 11.3 Å². The minimum atomic E-state index is -0.282. The molecular formula is C11H11N3O2. The van der Waals surface area contributed by atoms with Crippen molar-refractivity contribution in [3.63, 3.8) is 0 Å². The molecule has 0 aliphatic carbocycles. The number of aromatic nitrogens is 2. The van der Waals surface area contributed by atoms with Crippen LogP contribution in [0.15, 0.2) is 35.3 Å². The topological polar surface area (TPSA) is 92.0 Å². The summed E-state index contributed by atoms with van der Waals surface area (Å²) in [5.74, 6) is 0.409. The van der Waals surface area contributed by atoms with Crippen molar-refractivity contribution in [2.75, 3.05) is 0 Å². The molecule has 5 nitrogen and oxygen atoms in total. The molecule has 0 saturated heterocycles. The second-order valence-corrected chi connectivity index (χ2v) is 3.31. The van der Waals surface area contributed by atoms with Gasteiger partial charge >= 0.3 is 0 Å². The Labute approximate surface area is 91.6 Å². The molecule has 82 valence electrons. The molecule has 0 aliphatic heterocycles. The molecule has 2 rings (SSSR count). The molecule has 0 radical (unpaired) electrons. The lowest BCUT2D eigenvalue weighted by Gasteiger charge is -2.03. The quantitative estimate of drug-likeness (QED) is 0.686. The third-order valence-corrected chi connectivity index (χ3v) is 2.25. The zero-order chi connectivity index (χ0) is 11.5. The van der Waals surface area contributed by atoms with Gasteiger partial charge in [-0.3, -0.25) is 4.79 Å². The van der Waals surface area contributed by atoms with Gasteiger partial charge in [-0.05, 0) is 12.1 Å². The van der Waals surface area contributed by atoms with E-state index in [0.29, 0.717) is 17.0 Å². The minimum Gasteiger partial charge on any atom is -0.507 e. The average Bonchev–Trinajstić information content (AvgIpc) is 2.29. The molecule has 0 atom stereocenters. The Balaban J connectivity index is 2.54. The van der Waals surface area contributed by atoms with Crippen molar-refractivity contribution in [1.82, 2.24) is 9.97 Å². The molecule has 0 saturated carbocycles. The van der Waals surface area contributed by atoms with Gasteiger partial charge < -0.3 is 15.8 Å². The van der Waals surface area contributed by atoms with E-state index in [1.54, 1.807) is 18.2 Å². The highest BCUT2D eigenvalue weighted by atomic mass is 16.3. The molecule has 0 amide bonds. The Morgan fingerprint density at radius 1 is 1.38 bits per heavy atom. The van der Waals surface area contributed by atoms with E-state index in [1.165, 1.54) is 12.3 Å². The van der Waals surface area contributed by atoms with Crippen LogP contribution in [0.3, 0.4) is 0 Å². The van der Waals surface area contributed by atoms with E-state index in [4.69, 9.17) is 5.73 Å². The van der Waals surface area contributed by atoms with Gasteiger partial charge in [0.1, 0.15) is 11.6 Å². The highest BCUT2D eigenvalue weighted by molar-refractivity contribution is 5.62. The van der Waals surface area contributed by atoms with Crippen molar-refractivity contribution in [3.05, 3.63) is 46.4 Å². The fourth-order valence-electron chi connectivity index (χ4n) is 1.38. The normalized spacial score (nSPS) is 10.3. The van der Waals surface area contributed by atoms with Gasteiger partial charge in [0, 0.05) is 18.3 Å². The lowest BCUT2D eigenvalue weighted by molar-refractivity contribution is 0.477. The number of rotatable bonds is 2. The molecule has 1 heterocycles. The van der Waals surface area contributed by atoms with Crippen molar-refractivity contribution in [1.29, 1.82) is 0 Å². The number of nitrogens with one attached hydrogen (secondary N) is 1. The van der Waals surface area contributed by atoms with Crippen LogP contribution in [0.4, 0.5) is 0 Å². The van der Waals surface area contributed by atoms with Gasteiger partial charge in [0.05, 0.1) is 5.56 Å². The molecule has 2 aromatic rings. The fourth-order valence-corrected chi connectivity index (χ4v) is 1.38. The smallest absolute Gasteiger partial charge is 0.255 e. The van der Waals surface area contributed by atoms with E-state index >= 15 is 0 Å². The summed E-state index contributed by atoms with van der Waals surface area (Å²) >= 11 is 0. The number of nitrogens with two attached hydrogens (primary N) is 1. The van der Waals surface area contributed by atoms with E-state index in [1.807, 2.05) is 0 Å². The maximum atomic E-state index is 11.5. The average molecular weight is 217 g/mol. The molecule has 0 fully saturated rings. The van der Waals surface area contributed by atoms with Crippen molar-refractivity contribution < 1.29 is 5.11 Å². The fraction of sp³-hybridized carbons (Fsp3) is 0.0909. The van der Waals surface area contributed by atoms with Crippen LogP contribution in [0.2, 0.25) is 0 Å². The van der Waals surface area contributed by atoms with Crippen molar-refractivity contribution in [2.24, 2.45) is 5.73 Å². The molecule has 0 bridgehead atoms. The monoisotopic (exact) mass is 217 g/mol. The van der Waals surface area contributed by atoms with E-state index < -0.39 is 0 Å². The van der Waals surface area contributed by atoms with Gasteiger partial charge in [-0.1, -0.05) is 12.1 Å². The van der Waals surface area contributed by atoms with Gasteiger partial charge in [0.2, 0.25) is 0 Å². The number of para-hydroxylation sites is 1. The maximum Gasteiger partial charge on any atom is 0.255 e. The Morgan fingerprint density at radius 2 is 2.12 bits per heavy atom. The first kappa shape index (κ1) is 10.4. The highest BCUT2D eigenvalue weighted by Gasteiger charge is 2.06. The zero-order valence-electron chi connectivity index (χ0n) is 8.47. The van der Waals surface area contributed by atoms with Crippen LogP contribution in [-0.2, 0) is 6.54 Å². The Hall–Kier alpha value is -2.14. The summed E-state index contributed by atoms with van der Waals surface area (Å²) in [4.78, 5) is 18.1. The summed E-state index contributed by atoms with van der Waals surface area (Å²) in [6.45, 7) is 0.142. The Morgan fingerprint density at radius 3 is 2.75 bits per heavy atom. The molecule has 16 heavy (non-hydrogen) atoms. The number of phenols is 1. The standard InChI is InChI=1S/C11H11N3O2/c12-5-7-6-13-10(14-11(7)16)8-3-1-2-4-9(8)15/h1-4,6,15H,5,12H2,(H,13,14,16). The molecule has 4 N–H and O–H groups in total. The summed E-state index contributed by atoms with van der Waals surface area (Å²) in [6.07, 6.45) is 1.42. The van der Waals surface area contributed by atoms with Gasteiger partial charge in [0.15, 0.2) is 0 Å². The van der Waals surface area contributed by atoms with E-state index in [0.717, 1.165) is 0 Å². The number of nitrogens with zero attached hydrogens (tertiary/aromatic N) is 1. The van der Waals surface area contributed by atoms with Crippen LogP contribution >= 0.6 is 0 Å². The minimum absolute atomic E-state index is 0.0751. The Bertz CT molecular complexity index is 563. The Kier molecular flexibility index (Phi) is 2.70. The van der Waals surface area contributed by atoms with Crippen LogP contribution in [-0.4, -0.2) is 15.1 Å². The predicted molar refractivity (Wildman–Crippen MR) is 59.8 cm³/mol. The summed E-state index contributed by atoms with van der Waals surface area (Å²) in [7, 11) is 0.